The van der Waals surface area contributed by atoms with Gasteiger partial charge in [-0.25, -0.2) is 0 Å². The van der Waals surface area contributed by atoms with Crippen LogP contribution in [0.4, 0.5) is 0 Å². The second kappa shape index (κ2) is 4.31. The molecule has 0 aromatic heterocycles. The summed E-state index contributed by atoms with van der Waals surface area (Å²) in [4.78, 5) is 11.5. The number of ether oxygens (including phenoxy) is 2. The van der Waals surface area contributed by atoms with Crippen LogP contribution >= 0.6 is 11.8 Å². The molecule has 1 aliphatic carbocycles. The highest BCUT2D eigenvalue weighted by Gasteiger charge is 2.44. The molecule has 0 amide bonds. The normalized spacial score (nSPS) is 36.3. The highest BCUT2D eigenvalue weighted by Crippen LogP contribution is 2.39. The second-order valence-electron chi connectivity index (χ2n) is 4.31. The lowest BCUT2D eigenvalue weighted by Crippen LogP contribution is -2.46. The second-order valence-corrected chi connectivity index (χ2v) is 5.91. The van der Waals surface area contributed by atoms with Crippen LogP contribution in [0.15, 0.2) is 0 Å². The number of hydrogen-bond acceptors (Lipinski definition) is 5. The van der Waals surface area contributed by atoms with Gasteiger partial charge < -0.3 is 15.2 Å². The minimum atomic E-state index is -0.739. The SMILES string of the molecule is COC(=O)C1(N)CCC(SC2COC2)C1. The van der Waals surface area contributed by atoms with Crippen LogP contribution in [0.1, 0.15) is 19.3 Å². The molecule has 5 heteroatoms. The van der Waals surface area contributed by atoms with E-state index < -0.39 is 5.54 Å². The van der Waals surface area contributed by atoms with Gasteiger partial charge >= 0.3 is 5.97 Å². The molecule has 1 aliphatic heterocycles. The van der Waals surface area contributed by atoms with E-state index in [1.54, 1.807) is 0 Å². The molecule has 2 aliphatic rings. The lowest BCUT2D eigenvalue weighted by Gasteiger charge is -2.28. The van der Waals surface area contributed by atoms with Gasteiger partial charge in [-0.3, -0.25) is 4.79 Å². The maximum Gasteiger partial charge on any atom is 0.325 e. The first-order valence-corrected chi connectivity index (χ1v) is 6.19. The molecule has 86 valence electrons. The lowest BCUT2D eigenvalue weighted by atomic mass is 10.00. The Morgan fingerprint density at radius 3 is 2.80 bits per heavy atom. The Hall–Kier alpha value is -0.260. The standard InChI is InChI=1S/C10H17NO3S/c1-13-9(12)10(11)3-2-7(4-10)15-8-5-14-6-8/h7-8H,2-6,11H2,1H3. The van der Waals surface area contributed by atoms with Gasteiger partial charge in [-0.1, -0.05) is 0 Å². The molecule has 0 aromatic carbocycles. The van der Waals surface area contributed by atoms with Crippen LogP contribution in [0.5, 0.6) is 0 Å². The van der Waals surface area contributed by atoms with Crippen molar-refractivity contribution in [1.29, 1.82) is 0 Å². The van der Waals surface area contributed by atoms with Crippen LogP contribution in [0, 0.1) is 0 Å². The third kappa shape index (κ3) is 2.29. The number of carbonyl (C=O) groups is 1. The van der Waals surface area contributed by atoms with Crippen molar-refractivity contribution in [2.24, 2.45) is 5.73 Å². The average Bonchev–Trinajstić information content (AvgIpc) is 2.54. The van der Waals surface area contributed by atoms with Crippen LogP contribution < -0.4 is 5.73 Å². The Balaban J connectivity index is 1.84. The Kier molecular flexibility index (Phi) is 3.23. The maximum absolute atomic E-state index is 11.5. The summed E-state index contributed by atoms with van der Waals surface area (Å²) in [6.45, 7) is 1.69. The molecule has 0 aromatic rings. The predicted molar refractivity (Wildman–Crippen MR) is 58.8 cm³/mol. The lowest BCUT2D eigenvalue weighted by molar-refractivity contribution is -0.146. The molecule has 0 bridgehead atoms. The Labute approximate surface area is 93.9 Å². The van der Waals surface area contributed by atoms with Gasteiger partial charge in [-0.2, -0.15) is 11.8 Å². The maximum atomic E-state index is 11.5. The topological polar surface area (TPSA) is 61.5 Å². The Bertz CT molecular complexity index is 257. The molecular weight excluding hydrogens is 214 g/mol. The summed E-state index contributed by atoms with van der Waals surface area (Å²) in [5, 5.41) is 1.10. The zero-order chi connectivity index (χ0) is 10.9. The first-order chi connectivity index (χ1) is 7.14. The molecule has 4 nitrogen and oxygen atoms in total. The van der Waals surface area contributed by atoms with E-state index in [1.165, 1.54) is 7.11 Å². The van der Waals surface area contributed by atoms with Gasteiger partial charge in [-0.05, 0) is 19.3 Å². The summed E-state index contributed by atoms with van der Waals surface area (Å²) in [5.74, 6) is -0.268. The van der Waals surface area contributed by atoms with Crippen LogP contribution in [0.3, 0.4) is 0 Å². The monoisotopic (exact) mass is 231 g/mol. The minimum absolute atomic E-state index is 0.268. The van der Waals surface area contributed by atoms with Crippen molar-refractivity contribution < 1.29 is 14.3 Å². The van der Waals surface area contributed by atoms with Crippen molar-refractivity contribution in [3.63, 3.8) is 0 Å². The van der Waals surface area contributed by atoms with Crippen LogP contribution in [0.25, 0.3) is 0 Å². The molecule has 1 saturated carbocycles. The smallest absolute Gasteiger partial charge is 0.325 e. The molecule has 2 N–H and O–H groups in total. The molecule has 0 radical (unpaired) electrons. The summed E-state index contributed by atoms with van der Waals surface area (Å²) in [7, 11) is 1.40. The van der Waals surface area contributed by atoms with Crippen LogP contribution in [-0.4, -0.2) is 42.3 Å². The van der Waals surface area contributed by atoms with E-state index in [1.807, 2.05) is 11.8 Å². The number of methoxy groups -OCH3 is 1. The summed E-state index contributed by atoms with van der Waals surface area (Å²) in [6.07, 6.45) is 2.48. The van der Waals surface area contributed by atoms with Crippen molar-refractivity contribution in [3.05, 3.63) is 0 Å². The minimum Gasteiger partial charge on any atom is -0.468 e. The zero-order valence-corrected chi connectivity index (χ0v) is 9.72. The van der Waals surface area contributed by atoms with Crippen LogP contribution in [-0.2, 0) is 14.3 Å². The third-order valence-corrected chi connectivity index (χ3v) is 4.53. The summed E-state index contributed by atoms with van der Waals surface area (Å²) < 4.78 is 9.85. The predicted octanol–water partition coefficient (Wildman–Crippen LogP) is 0.541. The Morgan fingerprint density at radius 2 is 2.27 bits per heavy atom. The van der Waals surface area contributed by atoms with Gasteiger partial charge in [0.1, 0.15) is 5.54 Å². The fourth-order valence-electron chi connectivity index (χ4n) is 2.10. The van der Waals surface area contributed by atoms with Gasteiger partial charge in [0.2, 0.25) is 0 Å². The van der Waals surface area contributed by atoms with Crippen molar-refractivity contribution in [2.75, 3.05) is 20.3 Å². The quantitative estimate of drug-likeness (QED) is 0.718. The molecule has 2 rings (SSSR count). The van der Waals surface area contributed by atoms with Crippen molar-refractivity contribution in [3.8, 4) is 0 Å². The summed E-state index contributed by atoms with van der Waals surface area (Å²) in [5.41, 5.74) is 5.28. The first kappa shape index (κ1) is 11.2. The highest BCUT2D eigenvalue weighted by atomic mass is 32.2. The van der Waals surface area contributed by atoms with Gasteiger partial charge in [0.15, 0.2) is 0 Å². The van der Waals surface area contributed by atoms with Gasteiger partial charge in [0, 0.05) is 5.25 Å². The average molecular weight is 231 g/mol. The van der Waals surface area contributed by atoms with E-state index in [2.05, 4.69) is 0 Å². The zero-order valence-electron chi connectivity index (χ0n) is 8.90. The largest absolute Gasteiger partial charge is 0.468 e. The molecule has 2 unspecified atom stereocenters. The van der Waals surface area contributed by atoms with Crippen LogP contribution in [0.2, 0.25) is 0 Å². The van der Waals surface area contributed by atoms with Crippen molar-refractivity contribution in [1.82, 2.24) is 0 Å². The first-order valence-electron chi connectivity index (χ1n) is 5.24. The molecular formula is C10H17NO3S. The highest BCUT2D eigenvalue weighted by molar-refractivity contribution is 8.00. The molecule has 1 heterocycles. The summed E-state index contributed by atoms with van der Waals surface area (Å²) in [6, 6.07) is 0. The van der Waals surface area contributed by atoms with E-state index in [4.69, 9.17) is 15.2 Å². The molecule has 0 spiro atoms. The van der Waals surface area contributed by atoms with E-state index in [9.17, 15) is 4.79 Å². The van der Waals surface area contributed by atoms with Gasteiger partial charge in [0.25, 0.3) is 0 Å². The number of carbonyl (C=O) groups excluding carboxylic acids is 1. The van der Waals surface area contributed by atoms with Gasteiger partial charge in [-0.15, -0.1) is 0 Å². The summed E-state index contributed by atoms with van der Waals surface area (Å²) >= 11 is 1.91. The Morgan fingerprint density at radius 1 is 1.53 bits per heavy atom. The molecule has 2 fully saturated rings. The van der Waals surface area contributed by atoms with E-state index in [-0.39, 0.29) is 5.97 Å². The molecule has 2 atom stereocenters. The van der Waals surface area contributed by atoms with E-state index >= 15 is 0 Å². The number of thioether (sulfide) groups is 1. The molecule has 15 heavy (non-hydrogen) atoms. The number of hydrogen-bond donors (Lipinski definition) is 1. The number of rotatable bonds is 3. The fraction of sp³-hybridized carbons (Fsp3) is 0.900. The van der Waals surface area contributed by atoms with Crippen molar-refractivity contribution >= 4 is 17.7 Å². The number of esters is 1. The van der Waals surface area contributed by atoms with Gasteiger partial charge in [0.05, 0.1) is 25.6 Å². The fourth-order valence-corrected chi connectivity index (χ4v) is 3.64. The molecule has 1 saturated heterocycles. The van der Waals surface area contributed by atoms with E-state index in [0.717, 1.165) is 32.5 Å². The number of nitrogens with two attached hydrogens (primary N) is 1. The third-order valence-electron chi connectivity index (χ3n) is 3.09. The van der Waals surface area contributed by atoms with Crippen molar-refractivity contribution in [2.45, 2.75) is 35.3 Å². The van der Waals surface area contributed by atoms with E-state index in [0.29, 0.717) is 10.5 Å².